The van der Waals surface area contributed by atoms with Crippen LogP contribution in [0.4, 0.5) is 0 Å². The van der Waals surface area contributed by atoms with E-state index in [1.807, 2.05) is 0 Å². The molecule has 2 fully saturated rings. The molecule has 2 aliphatic carbocycles. The Hall–Kier alpha value is -1.13. The Bertz CT molecular complexity index is 596. The van der Waals surface area contributed by atoms with Crippen molar-refractivity contribution in [1.29, 1.82) is 0 Å². The first kappa shape index (κ1) is 16.3. The van der Waals surface area contributed by atoms with E-state index < -0.39 is 0 Å². The molecule has 0 nitrogen and oxygen atoms in total. The molecule has 0 aromatic heterocycles. The van der Waals surface area contributed by atoms with Crippen LogP contribution in [0.2, 0.25) is 0 Å². The van der Waals surface area contributed by atoms with Gasteiger partial charge in [-0.3, -0.25) is 0 Å². The first-order valence-electron chi connectivity index (χ1n) is 9.74. The first-order chi connectivity index (χ1) is 11.8. The van der Waals surface area contributed by atoms with E-state index >= 15 is 0 Å². The highest BCUT2D eigenvalue weighted by atomic mass is 31.1. The molecule has 0 saturated heterocycles. The second-order valence-electron chi connectivity index (χ2n) is 7.78. The van der Waals surface area contributed by atoms with Crippen molar-refractivity contribution in [1.82, 2.24) is 0 Å². The Morgan fingerprint density at radius 3 is 1.75 bits per heavy atom. The lowest BCUT2D eigenvalue weighted by Gasteiger charge is -2.35. The van der Waals surface area contributed by atoms with Gasteiger partial charge >= 0.3 is 0 Å². The summed E-state index contributed by atoms with van der Waals surface area (Å²) >= 11 is 0. The van der Waals surface area contributed by atoms with Gasteiger partial charge in [0.25, 0.3) is 0 Å². The summed E-state index contributed by atoms with van der Waals surface area (Å²) in [6.07, 6.45) is 8.75. The Morgan fingerprint density at radius 1 is 0.667 bits per heavy atom. The fraction of sp³-hybridized carbons (Fsp3) is 0.478. The maximum Gasteiger partial charge on any atom is -0.00977 e. The summed E-state index contributed by atoms with van der Waals surface area (Å²) in [6.45, 7) is 2.51. The fourth-order valence-electron chi connectivity index (χ4n) is 5.31. The molecule has 4 atom stereocenters. The van der Waals surface area contributed by atoms with Gasteiger partial charge in [0.05, 0.1) is 0 Å². The molecule has 24 heavy (non-hydrogen) atoms. The number of hydrogen-bond acceptors (Lipinski definition) is 0. The molecule has 0 heterocycles. The summed E-state index contributed by atoms with van der Waals surface area (Å²) in [7, 11) is -0.226. The third kappa shape index (κ3) is 3.18. The van der Waals surface area contributed by atoms with Crippen LogP contribution in [0.5, 0.6) is 0 Å². The number of benzene rings is 2. The van der Waals surface area contributed by atoms with Crippen LogP contribution in [-0.4, -0.2) is 5.66 Å². The quantitative estimate of drug-likeness (QED) is 0.626. The molecule has 2 aromatic carbocycles. The van der Waals surface area contributed by atoms with Crippen LogP contribution in [0.25, 0.3) is 0 Å². The van der Waals surface area contributed by atoms with Crippen molar-refractivity contribution in [2.24, 2.45) is 17.8 Å². The van der Waals surface area contributed by atoms with Crippen molar-refractivity contribution in [2.75, 3.05) is 0 Å². The third-order valence-corrected chi connectivity index (χ3v) is 9.42. The largest absolute Gasteiger partial charge is 0.0622 e. The molecule has 1 heteroatoms. The molecule has 0 amide bonds. The van der Waals surface area contributed by atoms with E-state index in [1.54, 1.807) is 10.6 Å². The number of hydrogen-bond donors (Lipinski definition) is 0. The lowest BCUT2D eigenvalue weighted by molar-refractivity contribution is 0.284. The normalized spacial score (nSPS) is 30.1. The van der Waals surface area contributed by atoms with Crippen molar-refractivity contribution in [3.05, 3.63) is 60.7 Å². The van der Waals surface area contributed by atoms with Crippen LogP contribution in [0.15, 0.2) is 60.7 Å². The molecule has 0 spiro atoms. The highest BCUT2D eigenvalue weighted by Gasteiger charge is 2.42. The van der Waals surface area contributed by atoms with E-state index in [9.17, 15) is 0 Å². The second kappa shape index (κ2) is 7.40. The topological polar surface area (TPSA) is 0 Å². The Labute approximate surface area is 148 Å². The van der Waals surface area contributed by atoms with E-state index in [-0.39, 0.29) is 7.92 Å². The highest BCUT2D eigenvalue weighted by molar-refractivity contribution is 7.73. The zero-order chi connectivity index (χ0) is 16.4. The van der Waals surface area contributed by atoms with E-state index in [2.05, 4.69) is 67.6 Å². The predicted molar refractivity (Wildman–Crippen MR) is 107 cm³/mol. The van der Waals surface area contributed by atoms with E-state index in [0.29, 0.717) is 0 Å². The number of rotatable bonds is 4. The molecule has 4 rings (SSSR count). The summed E-state index contributed by atoms with van der Waals surface area (Å²) in [6, 6.07) is 22.8. The van der Waals surface area contributed by atoms with Gasteiger partial charge in [-0.25, -0.2) is 0 Å². The van der Waals surface area contributed by atoms with Crippen LogP contribution in [0.3, 0.4) is 0 Å². The standard InChI is InChI=1S/C23H29P/c1-18-10-8-15-21(18)22-16-9-17-23(22)24(19-11-4-2-5-12-19)20-13-6-3-7-14-20/h2-7,11-14,18,21-23H,8-10,15-17H2,1H3/t18-,21-,22+,23-/m0/s1. The molecule has 126 valence electrons. The summed E-state index contributed by atoms with van der Waals surface area (Å²) in [4.78, 5) is 0. The van der Waals surface area contributed by atoms with Crippen LogP contribution >= 0.6 is 7.92 Å². The molecule has 0 bridgehead atoms. The summed E-state index contributed by atoms with van der Waals surface area (Å²) in [5, 5.41) is 3.17. The molecular formula is C23H29P. The van der Waals surface area contributed by atoms with Crippen molar-refractivity contribution in [2.45, 2.75) is 51.1 Å². The van der Waals surface area contributed by atoms with Gasteiger partial charge < -0.3 is 0 Å². The monoisotopic (exact) mass is 336 g/mol. The van der Waals surface area contributed by atoms with Gasteiger partial charge in [-0.1, -0.05) is 86.8 Å². The summed E-state index contributed by atoms with van der Waals surface area (Å²) < 4.78 is 0. The second-order valence-corrected chi connectivity index (χ2v) is 10.2. The average molecular weight is 336 g/mol. The Balaban J connectivity index is 1.70. The Morgan fingerprint density at radius 2 is 1.21 bits per heavy atom. The van der Waals surface area contributed by atoms with Gasteiger partial charge in [-0.05, 0) is 61.2 Å². The lowest BCUT2D eigenvalue weighted by atomic mass is 9.83. The van der Waals surface area contributed by atoms with Crippen LogP contribution in [0, 0.1) is 17.8 Å². The molecule has 2 aliphatic rings. The van der Waals surface area contributed by atoms with Gasteiger partial charge in [0.2, 0.25) is 0 Å². The van der Waals surface area contributed by atoms with Gasteiger partial charge in [-0.15, -0.1) is 0 Å². The van der Waals surface area contributed by atoms with Crippen molar-refractivity contribution in [3.63, 3.8) is 0 Å². The predicted octanol–water partition coefficient (Wildman–Crippen LogP) is 5.72. The summed E-state index contributed by atoms with van der Waals surface area (Å²) in [5.41, 5.74) is 0.885. The third-order valence-electron chi connectivity index (χ3n) is 6.41. The smallest absolute Gasteiger partial charge is 0.00977 e. The Kier molecular flexibility index (Phi) is 5.04. The molecule has 2 saturated carbocycles. The van der Waals surface area contributed by atoms with Crippen molar-refractivity contribution in [3.8, 4) is 0 Å². The van der Waals surface area contributed by atoms with E-state index in [0.717, 1.165) is 23.4 Å². The molecule has 2 aromatic rings. The van der Waals surface area contributed by atoms with Gasteiger partial charge in [0.15, 0.2) is 0 Å². The lowest BCUT2D eigenvalue weighted by Crippen LogP contribution is -2.29. The minimum absolute atomic E-state index is 0.226. The zero-order valence-corrected chi connectivity index (χ0v) is 15.7. The molecule has 0 radical (unpaired) electrons. The molecular weight excluding hydrogens is 307 g/mol. The minimum Gasteiger partial charge on any atom is -0.0622 e. The summed E-state index contributed by atoms with van der Waals surface area (Å²) in [5.74, 6) is 2.88. The van der Waals surface area contributed by atoms with Gasteiger partial charge in [-0.2, -0.15) is 0 Å². The van der Waals surface area contributed by atoms with Crippen LogP contribution in [0.1, 0.15) is 45.4 Å². The highest BCUT2D eigenvalue weighted by Crippen LogP contribution is 2.55. The maximum atomic E-state index is 2.51. The molecule has 0 unspecified atom stereocenters. The van der Waals surface area contributed by atoms with Gasteiger partial charge in [0.1, 0.15) is 0 Å². The maximum absolute atomic E-state index is 2.51. The molecule has 0 N–H and O–H groups in total. The zero-order valence-electron chi connectivity index (χ0n) is 14.8. The van der Waals surface area contributed by atoms with Crippen LogP contribution in [-0.2, 0) is 0 Å². The van der Waals surface area contributed by atoms with Gasteiger partial charge in [0, 0.05) is 0 Å². The van der Waals surface area contributed by atoms with Crippen molar-refractivity contribution >= 4 is 18.5 Å². The van der Waals surface area contributed by atoms with E-state index in [4.69, 9.17) is 0 Å². The average Bonchev–Trinajstić information content (AvgIpc) is 3.26. The first-order valence-corrected chi connectivity index (χ1v) is 11.1. The van der Waals surface area contributed by atoms with Crippen LogP contribution < -0.4 is 10.6 Å². The van der Waals surface area contributed by atoms with E-state index in [1.165, 1.54) is 38.5 Å². The van der Waals surface area contributed by atoms with Crippen molar-refractivity contribution < 1.29 is 0 Å². The minimum atomic E-state index is -0.226. The fourth-order valence-corrected chi connectivity index (χ4v) is 8.55. The SMILES string of the molecule is C[C@H]1CCC[C@@H]1[C@H]1CCC[C@@H]1P(c1ccccc1)c1ccccc1. The molecule has 0 aliphatic heterocycles.